The normalized spacial score (nSPS) is 9.69. The third kappa shape index (κ3) is 3.27. The Morgan fingerprint density at radius 2 is 2.00 bits per heavy atom. The van der Waals surface area contributed by atoms with Crippen molar-refractivity contribution in [3.63, 3.8) is 0 Å². The summed E-state index contributed by atoms with van der Waals surface area (Å²) < 4.78 is 0. The van der Waals surface area contributed by atoms with Gasteiger partial charge in [-0.3, -0.25) is 0 Å². The van der Waals surface area contributed by atoms with E-state index in [2.05, 4.69) is 11.8 Å². The van der Waals surface area contributed by atoms with E-state index in [0.29, 0.717) is 0 Å². The van der Waals surface area contributed by atoms with Crippen LogP contribution in [-0.2, 0) is 0 Å². The number of nitriles is 1. The molecule has 0 fully saturated rings. The molecule has 13 heavy (non-hydrogen) atoms. The van der Waals surface area contributed by atoms with Gasteiger partial charge in [0.25, 0.3) is 0 Å². The molecule has 1 aromatic carbocycles. The van der Waals surface area contributed by atoms with Crippen LogP contribution in [0.2, 0.25) is 0 Å². The van der Waals surface area contributed by atoms with Gasteiger partial charge in [0.2, 0.25) is 0 Å². The van der Waals surface area contributed by atoms with Crippen molar-refractivity contribution in [3.05, 3.63) is 47.5 Å². The smallest absolute Gasteiger partial charge is 0.0921 e. The van der Waals surface area contributed by atoms with Crippen molar-refractivity contribution in [3.8, 4) is 17.9 Å². The standard InChI is InChI=1S/C12H9N/c1-11(9-10-13)7-8-12-5-3-2-4-6-12/h2-6,9H,1H3/b11-9-. The Morgan fingerprint density at radius 3 is 2.62 bits per heavy atom. The minimum Gasteiger partial charge on any atom is -0.193 e. The quantitative estimate of drug-likeness (QED) is 0.430. The first kappa shape index (κ1) is 9.10. The van der Waals surface area contributed by atoms with Gasteiger partial charge in [0.1, 0.15) is 0 Å². The number of allylic oxidation sites excluding steroid dienone is 2. The first-order valence-electron chi connectivity index (χ1n) is 3.96. The van der Waals surface area contributed by atoms with Gasteiger partial charge in [-0.1, -0.05) is 30.0 Å². The largest absolute Gasteiger partial charge is 0.193 e. The lowest BCUT2D eigenvalue weighted by atomic mass is 10.2. The maximum atomic E-state index is 8.34. The molecular weight excluding hydrogens is 158 g/mol. The molecule has 0 aromatic heterocycles. The summed E-state index contributed by atoms with van der Waals surface area (Å²) in [6.45, 7) is 1.82. The Bertz CT molecular complexity index is 396. The molecule has 0 N–H and O–H groups in total. The zero-order valence-corrected chi connectivity index (χ0v) is 7.41. The van der Waals surface area contributed by atoms with Gasteiger partial charge in [-0.15, -0.1) is 0 Å². The lowest BCUT2D eigenvalue weighted by Crippen LogP contribution is -1.72. The molecule has 0 aliphatic rings. The Labute approximate surface area is 78.3 Å². The zero-order chi connectivity index (χ0) is 9.52. The van der Waals surface area contributed by atoms with Crippen molar-refractivity contribution < 1.29 is 0 Å². The highest BCUT2D eigenvalue weighted by atomic mass is 14.2. The fourth-order valence-corrected chi connectivity index (χ4v) is 0.825. The molecule has 1 rings (SSSR count). The van der Waals surface area contributed by atoms with E-state index in [9.17, 15) is 0 Å². The summed E-state index contributed by atoms with van der Waals surface area (Å²) in [5.74, 6) is 5.85. The van der Waals surface area contributed by atoms with E-state index in [1.807, 2.05) is 43.3 Å². The number of rotatable bonds is 0. The average molecular weight is 167 g/mol. The summed E-state index contributed by atoms with van der Waals surface area (Å²) in [7, 11) is 0. The summed E-state index contributed by atoms with van der Waals surface area (Å²) >= 11 is 0. The molecule has 1 nitrogen and oxygen atoms in total. The van der Waals surface area contributed by atoms with Gasteiger partial charge < -0.3 is 0 Å². The van der Waals surface area contributed by atoms with Crippen LogP contribution < -0.4 is 0 Å². The van der Waals surface area contributed by atoms with Crippen LogP contribution in [0.25, 0.3) is 0 Å². The van der Waals surface area contributed by atoms with Gasteiger partial charge in [-0.05, 0) is 19.1 Å². The highest BCUT2D eigenvalue weighted by Gasteiger charge is 1.82. The second-order valence-electron chi connectivity index (χ2n) is 2.57. The molecule has 0 unspecified atom stereocenters. The third-order valence-corrected chi connectivity index (χ3v) is 1.46. The Balaban J connectivity index is 2.81. The van der Waals surface area contributed by atoms with E-state index < -0.39 is 0 Å². The highest BCUT2D eigenvalue weighted by molar-refractivity contribution is 5.40. The number of hydrogen-bond acceptors (Lipinski definition) is 1. The summed E-state index contributed by atoms with van der Waals surface area (Å²) in [5, 5.41) is 8.34. The summed E-state index contributed by atoms with van der Waals surface area (Å²) in [6.07, 6.45) is 1.44. The maximum Gasteiger partial charge on any atom is 0.0921 e. The van der Waals surface area contributed by atoms with Crippen LogP contribution in [0.5, 0.6) is 0 Å². The first-order chi connectivity index (χ1) is 6.33. The summed E-state index contributed by atoms with van der Waals surface area (Å²) in [5.41, 5.74) is 1.75. The SMILES string of the molecule is C/C(C#Cc1ccccc1)=C/C#N. The number of benzene rings is 1. The molecule has 0 amide bonds. The van der Waals surface area contributed by atoms with Crippen molar-refractivity contribution in [2.45, 2.75) is 6.92 Å². The molecule has 0 atom stereocenters. The van der Waals surface area contributed by atoms with Gasteiger partial charge in [0, 0.05) is 17.2 Å². The fourth-order valence-electron chi connectivity index (χ4n) is 0.825. The lowest BCUT2D eigenvalue weighted by Gasteiger charge is -1.86. The molecule has 62 valence electrons. The Hall–Kier alpha value is -1.99. The Morgan fingerprint density at radius 1 is 1.31 bits per heavy atom. The van der Waals surface area contributed by atoms with Crippen LogP contribution >= 0.6 is 0 Å². The van der Waals surface area contributed by atoms with E-state index in [-0.39, 0.29) is 0 Å². The third-order valence-electron chi connectivity index (χ3n) is 1.46. The molecule has 1 heteroatoms. The number of hydrogen-bond donors (Lipinski definition) is 0. The van der Waals surface area contributed by atoms with Crippen LogP contribution in [0, 0.1) is 23.2 Å². The molecule has 0 heterocycles. The molecule has 0 spiro atoms. The highest BCUT2D eigenvalue weighted by Crippen LogP contribution is 1.96. The van der Waals surface area contributed by atoms with E-state index in [1.165, 1.54) is 6.08 Å². The zero-order valence-electron chi connectivity index (χ0n) is 7.41. The minimum absolute atomic E-state index is 0.784. The van der Waals surface area contributed by atoms with Crippen LogP contribution in [-0.4, -0.2) is 0 Å². The van der Waals surface area contributed by atoms with Crippen molar-refractivity contribution in [1.82, 2.24) is 0 Å². The molecule has 0 aliphatic carbocycles. The van der Waals surface area contributed by atoms with Gasteiger partial charge in [0.05, 0.1) is 6.07 Å². The van der Waals surface area contributed by atoms with Crippen LogP contribution in [0.1, 0.15) is 12.5 Å². The lowest BCUT2D eigenvalue weighted by molar-refractivity contribution is 1.50. The second-order valence-corrected chi connectivity index (χ2v) is 2.57. The predicted molar refractivity (Wildman–Crippen MR) is 52.7 cm³/mol. The second kappa shape index (κ2) is 4.80. The van der Waals surface area contributed by atoms with Crippen LogP contribution in [0.15, 0.2) is 42.0 Å². The van der Waals surface area contributed by atoms with Gasteiger partial charge >= 0.3 is 0 Å². The van der Waals surface area contributed by atoms with Crippen LogP contribution in [0.3, 0.4) is 0 Å². The maximum absolute atomic E-state index is 8.34. The van der Waals surface area contributed by atoms with E-state index in [1.54, 1.807) is 0 Å². The first-order valence-corrected chi connectivity index (χ1v) is 3.96. The minimum atomic E-state index is 0.784. The van der Waals surface area contributed by atoms with Crippen molar-refractivity contribution in [2.24, 2.45) is 0 Å². The van der Waals surface area contributed by atoms with E-state index in [4.69, 9.17) is 5.26 Å². The van der Waals surface area contributed by atoms with Crippen molar-refractivity contribution in [2.75, 3.05) is 0 Å². The molecule has 0 bridgehead atoms. The van der Waals surface area contributed by atoms with Crippen LogP contribution in [0.4, 0.5) is 0 Å². The summed E-state index contributed by atoms with van der Waals surface area (Å²) in [4.78, 5) is 0. The molecule has 0 radical (unpaired) electrons. The van der Waals surface area contributed by atoms with Crippen molar-refractivity contribution in [1.29, 1.82) is 5.26 Å². The fraction of sp³-hybridized carbons (Fsp3) is 0.0833. The molecule has 0 saturated heterocycles. The monoisotopic (exact) mass is 167 g/mol. The topological polar surface area (TPSA) is 23.8 Å². The van der Waals surface area contributed by atoms with E-state index >= 15 is 0 Å². The van der Waals surface area contributed by atoms with Gasteiger partial charge in [0.15, 0.2) is 0 Å². The molecule has 0 saturated carbocycles. The predicted octanol–water partition coefficient (Wildman–Crippen LogP) is 2.51. The van der Waals surface area contributed by atoms with E-state index in [0.717, 1.165) is 11.1 Å². The van der Waals surface area contributed by atoms with Gasteiger partial charge in [-0.2, -0.15) is 5.26 Å². The average Bonchev–Trinajstić information content (AvgIpc) is 2.17. The molecular formula is C12H9N. The molecule has 0 aliphatic heterocycles. The number of nitrogens with zero attached hydrogens (tertiary/aromatic N) is 1. The summed E-state index contributed by atoms with van der Waals surface area (Å²) in [6, 6.07) is 11.6. The van der Waals surface area contributed by atoms with Gasteiger partial charge in [-0.25, -0.2) is 0 Å². The Kier molecular flexibility index (Phi) is 3.36. The molecule has 1 aromatic rings. The van der Waals surface area contributed by atoms with Crippen molar-refractivity contribution >= 4 is 0 Å².